The predicted molar refractivity (Wildman–Crippen MR) is 125 cm³/mol. The lowest BCUT2D eigenvalue weighted by atomic mass is 10.1. The molecule has 0 saturated carbocycles. The molecule has 3 aromatic rings. The first-order valence-corrected chi connectivity index (χ1v) is 11.0. The number of carbonyl (C=O) groups excluding carboxylic acids is 1. The molecule has 1 aromatic carbocycles. The lowest BCUT2D eigenvalue weighted by Gasteiger charge is -2.12. The number of aromatic nitrogens is 2. The quantitative estimate of drug-likeness (QED) is 0.473. The molecule has 31 heavy (non-hydrogen) atoms. The molecule has 0 radical (unpaired) electrons. The van der Waals surface area contributed by atoms with Crippen LogP contribution < -0.4 is 11.3 Å². The summed E-state index contributed by atoms with van der Waals surface area (Å²) < 4.78 is 1.34. The SMILES string of the molecule is CCCCCCCCC.NC(=O)c1c(O)c2cccnc2n(Cc2ccccc2)c1=O. The number of nitrogens with zero attached hydrogens (tertiary/aromatic N) is 2. The van der Waals surface area contributed by atoms with Gasteiger partial charge in [-0.05, 0) is 17.7 Å². The maximum Gasteiger partial charge on any atom is 0.269 e. The fourth-order valence-corrected chi connectivity index (χ4v) is 3.43. The smallest absolute Gasteiger partial charge is 0.269 e. The van der Waals surface area contributed by atoms with Gasteiger partial charge in [-0.25, -0.2) is 4.98 Å². The van der Waals surface area contributed by atoms with Gasteiger partial charge in [-0.3, -0.25) is 14.2 Å². The van der Waals surface area contributed by atoms with Gasteiger partial charge in [0.2, 0.25) is 0 Å². The number of benzene rings is 1. The van der Waals surface area contributed by atoms with E-state index in [9.17, 15) is 14.7 Å². The van der Waals surface area contributed by atoms with Gasteiger partial charge in [-0.1, -0.05) is 89.1 Å². The molecule has 0 unspecified atom stereocenters. The van der Waals surface area contributed by atoms with Crippen molar-refractivity contribution in [3.8, 4) is 5.75 Å². The second-order valence-corrected chi connectivity index (χ2v) is 7.61. The molecule has 1 amide bonds. The van der Waals surface area contributed by atoms with Crippen molar-refractivity contribution in [2.45, 2.75) is 65.3 Å². The van der Waals surface area contributed by atoms with E-state index < -0.39 is 22.8 Å². The van der Waals surface area contributed by atoms with Crippen LogP contribution in [-0.2, 0) is 6.54 Å². The molecule has 0 aliphatic heterocycles. The zero-order chi connectivity index (χ0) is 22.6. The Hall–Kier alpha value is -3.15. The average molecular weight is 424 g/mol. The summed E-state index contributed by atoms with van der Waals surface area (Å²) in [6.07, 6.45) is 11.5. The van der Waals surface area contributed by atoms with Gasteiger partial charge in [0.1, 0.15) is 17.0 Å². The number of hydrogen-bond donors (Lipinski definition) is 2. The van der Waals surface area contributed by atoms with Crippen LogP contribution in [0.5, 0.6) is 5.75 Å². The van der Waals surface area contributed by atoms with Crippen LogP contribution in [0.4, 0.5) is 0 Å². The summed E-state index contributed by atoms with van der Waals surface area (Å²) in [5.41, 5.74) is 5.34. The first kappa shape index (κ1) is 24.1. The van der Waals surface area contributed by atoms with E-state index in [4.69, 9.17) is 5.73 Å². The molecule has 3 N–H and O–H groups in total. The summed E-state index contributed by atoms with van der Waals surface area (Å²) in [5.74, 6) is -1.39. The molecule has 2 heterocycles. The van der Waals surface area contributed by atoms with Crippen LogP contribution in [-0.4, -0.2) is 20.6 Å². The summed E-state index contributed by atoms with van der Waals surface area (Å²) in [5, 5.41) is 10.4. The van der Waals surface area contributed by atoms with Crippen molar-refractivity contribution < 1.29 is 9.90 Å². The van der Waals surface area contributed by atoms with Gasteiger partial charge in [-0.15, -0.1) is 0 Å². The third-order valence-corrected chi connectivity index (χ3v) is 5.13. The van der Waals surface area contributed by atoms with Gasteiger partial charge in [0, 0.05) is 6.20 Å². The number of primary amides is 1. The molecule has 0 saturated heterocycles. The number of nitrogens with two attached hydrogens (primary N) is 1. The van der Waals surface area contributed by atoms with Crippen LogP contribution >= 0.6 is 0 Å². The van der Waals surface area contributed by atoms with Crippen molar-refractivity contribution in [3.05, 3.63) is 70.1 Å². The molecule has 0 bridgehead atoms. The molecule has 166 valence electrons. The van der Waals surface area contributed by atoms with Gasteiger partial charge in [0.05, 0.1) is 11.9 Å². The van der Waals surface area contributed by atoms with E-state index in [2.05, 4.69) is 18.8 Å². The van der Waals surface area contributed by atoms with E-state index in [1.165, 1.54) is 55.7 Å². The van der Waals surface area contributed by atoms with Crippen molar-refractivity contribution in [2.75, 3.05) is 0 Å². The van der Waals surface area contributed by atoms with Gasteiger partial charge in [0.15, 0.2) is 0 Å². The number of unbranched alkanes of at least 4 members (excludes halogenated alkanes) is 6. The summed E-state index contributed by atoms with van der Waals surface area (Å²) in [4.78, 5) is 28.2. The molecular weight excluding hydrogens is 390 g/mol. The largest absolute Gasteiger partial charge is 0.506 e. The molecule has 6 nitrogen and oxygen atoms in total. The Bertz CT molecular complexity index is 1020. The number of hydrogen-bond acceptors (Lipinski definition) is 4. The molecule has 3 rings (SSSR count). The lowest BCUT2D eigenvalue weighted by molar-refractivity contribution is 0.0996. The Morgan fingerprint density at radius 3 is 2.16 bits per heavy atom. The molecule has 0 aliphatic rings. The van der Waals surface area contributed by atoms with Gasteiger partial charge in [-0.2, -0.15) is 0 Å². The normalized spacial score (nSPS) is 10.5. The highest BCUT2D eigenvalue weighted by Crippen LogP contribution is 2.24. The number of amides is 1. The van der Waals surface area contributed by atoms with E-state index in [0.717, 1.165) is 5.56 Å². The lowest BCUT2D eigenvalue weighted by Crippen LogP contribution is -2.30. The van der Waals surface area contributed by atoms with Crippen LogP contribution in [0.1, 0.15) is 74.7 Å². The van der Waals surface area contributed by atoms with E-state index >= 15 is 0 Å². The van der Waals surface area contributed by atoms with E-state index in [1.54, 1.807) is 12.1 Å². The predicted octanol–water partition coefficient (Wildman–Crippen LogP) is 5.01. The van der Waals surface area contributed by atoms with Gasteiger partial charge >= 0.3 is 0 Å². The number of carbonyl (C=O) groups is 1. The summed E-state index contributed by atoms with van der Waals surface area (Å²) in [6.45, 7) is 4.76. The molecule has 0 fully saturated rings. The van der Waals surface area contributed by atoms with Crippen LogP contribution in [0.2, 0.25) is 0 Å². The molecular formula is C25H33N3O3. The minimum Gasteiger partial charge on any atom is -0.506 e. The third kappa shape index (κ3) is 6.67. The Kier molecular flexibility index (Phi) is 9.75. The van der Waals surface area contributed by atoms with Crippen LogP contribution in [0.15, 0.2) is 53.5 Å². The number of pyridine rings is 2. The minimum atomic E-state index is -0.963. The van der Waals surface area contributed by atoms with E-state index in [-0.39, 0.29) is 6.54 Å². The van der Waals surface area contributed by atoms with E-state index in [0.29, 0.717) is 11.0 Å². The molecule has 2 aromatic heterocycles. The molecule has 0 atom stereocenters. The van der Waals surface area contributed by atoms with Crippen molar-refractivity contribution in [2.24, 2.45) is 5.73 Å². The maximum absolute atomic E-state index is 12.5. The summed E-state index contributed by atoms with van der Waals surface area (Å²) >= 11 is 0. The van der Waals surface area contributed by atoms with E-state index in [1.807, 2.05) is 30.3 Å². The Morgan fingerprint density at radius 2 is 1.58 bits per heavy atom. The standard InChI is InChI=1S/C16H13N3O3.C9H20/c17-14(21)12-13(20)11-7-4-8-18-15(11)19(16(12)22)9-10-5-2-1-3-6-10;1-3-5-7-9-8-6-4-2/h1-8,20H,9H2,(H2,17,21);3-9H2,1-2H3. The van der Waals surface area contributed by atoms with Crippen LogP contribution in [0, 0.1) is 0 Å². The highest BCUT2D eigenvalue weighted by atomic mass is 16.3. The first-order chi connectivity index (χ1) is 15.0. The van der Waals surface area contributed by atoms with Crippen molar-refractivity contribution >= 4 is 16.9 Å². The van der Waals surface area contributed by atoms with Crippen LogP contribution in [0.25, 0.3) is 11.0 Å². The zero-order valence-electron chi connectivity index (χ0n) is 18.5. The van der Waals surface area contributed by atoms with Crippen LogP contribution in [0.3, 0.4) is 0 Å². The molecule has 0 aliphatic carbocycles. The van der Waals surface area contributed by atoms with Crippen molar-refractivity contribution in [1.29, 1.82) is 0 Å². The minimum absolute atomic E-state index is 0.230. The summed E-state index contributed by atoms with van der Waals surface area (Å²) in [6, 6.07) is 12.5. The van der Waals surface area contributed by atoms with Gasteiger partial charge < -0.3 is 10.8 Å². The topological polar surface area (TPSA) is 98.2 Å². The Balaban J connectivity index is 0.000000323. The van der Waals surface area contributed by atoms with Crippen molar-refractivity contribution in [3.63, 3.8) is 0 Å². The Labute approximate surface area is 183 Å². The number of rotatable bonds is 9. The number of aromatic hydroxyl groups is 1. The number of fused-ring (bicyclic) bond motifs is 1. The first-order valence-electron chi connectivity index (χ1n) is 11.0. The Morgan fingerprint density at radius 1 is 0.968 bits per heavy atom. The third-order valence-electron chi connectivity index (χ3n) is 5.13. The fraction of sp³-hybridized carbons (Fsp3) is 0.400. The molecule has 6 heteroatoms. The maximum atomic E-state index is 12.5. The highest BCUT2D eigenvalue weighted by Gasteiger charge is 2.20. The second kappa shape index (κ2) is 12.5. The second-order valence-electron chi connectivity index (χ2n) is 7.61. The van der Waals surface area contributed by atoms with Crippen molar-refractivity contribution in [1.82, 2.24) is 9.55 Å². The zero-order valence-corrected chi connectivity index (χ0v) is 18.5. The van der Waals surface area contributed by atoms with Gasteiger partial charge in [0.25, 0.3) is 11.5 Å². The monoisotopic (exact) mass is 423 g/mol. The average Bonchev–Trinajstić information content (AvgIpc) is 2.78. The fourth-order valence-electron chi connectivity index (χ4n) is 3.43. The highest BCUT2D eigenvalue weighted by molar-refractivity contribution is 6.00. The summed E-state index contributed by atoms with van der Waals surface area (Å²) in [7, 11) is 0. The molecule has 0 spiro atoms.